The minimum absolute atomic E-state index is 0.174. The van der Waals surface area contributed by atoms with Gasteiger partial charge in [-0.2, -0.15) is 0 Å². The van der Waals surface area contributed by atoms with Crippen LogP contribution in [0.1, 0.15) is 27.6 Å². The lowest BCUT2D eigenvalue weighted by atomic mass is 9.93. The monoisotopic (exact) mass is 350 g/mol. The molecule has 1 saturated heterocycles. The molecule has 0 aromatic heterocycles. The van der Waals surface area contributed by atoms with E-state index in [4.69, 9.17) is 37.4 Å². The SMILES string of the molecule is COC12OC(C(=O)c3ccccc31)C(c1c(Cl)cccc1Cl)O2. The number of carbonyl (C=O) groups excluding carboxylic acids is 1. The Morgan fingerprint density at radius 2 is 1.65 bits per heavy atom. The number of Topliss-reactive ketones (excluding diaryl/α,β-unsaturated/α-hetero) is 1. The summed E-state index contributed by atoms with van der Waals surface area (Å²) < 4.78 is 17.4. The molecular formula is C17H12Cl2O4. The first kappa shape index (κ1) is 15.1. The van der Waals surface area contributed by atoms with Crippen LogP contribution in [-0.2, 0) is 20.2 Å². The van der Waals surface area contributed by atoms with E-state index in [-0.39, 0.29) is 5.78 Å². The zero-order chi connectivity index (χ0) is 16.2. The minimum atomic E-state index is -1.43. The van der Waals surface area contributed by atoms with Crippen LogP contribution in [0.4, 0.5) is 0 Å². The summed E-state index contributed by atoms with van der Waals surface area (Å²) in [5.41, 5.74) is 1.60. The number of carbonyl (C=O) groups is 1. The summed E-state index contributed by atoms with van der Waals surface area (Å²) in [6, 6.07) is 12.2. The van der Waals surface area contributed by atoms with Crippen molar-refractivity contribution in [3.63, 3.8) is 0 Å². The molecule has 4 rings (SSSR count). The highest BCUT2D eigenvalue weighted by molar-refractivity contribution is 6.36. The van der Waals surface area contributed by atoms with E-state index in [2.05, 4.69) is 0 Å². The molecule has 0 spiro atoms. The van der Waals surface area contributed by atoms with Gasteiger partial charge in [-0.3, -0.25) is 4.79 Å². The van der Waals surface area contributed by atoms with E-state index in [1.54, 1.807) is 42.5 Å². The van der Waals surface area contributed by atoms with E-state index in [9.17, 15) is 4.79 Å². The van der Waals surface area contributed by atoms with Gasteiger partial charge in [0.05, 0.1) is 5.56 Å². The first-order valence-electron chi connectivity index (χ1n) is 7.06. The summed E-state index contributed by atoms with van der Waals surface area (Å²) in [6.45, 7) is 0. The predicted molar refractivity (Wildman–Crippen MR) is 84.6 cm³/mol. The number of fused-ring (bicyclic) bond motifs is 4. The van der Waals surface area contributed by atoms with Gasteiger partial charge in [0.25, 0.3) is 0 Å². The van der Waals surface area contributed by atoms with Crippen LogP contribution in [0.15, 0.2) is 42.5 Å². The van der Waals surface area contributed by atoms with Gasteiger partial charge in [-0.15, -0.1) is 0 Å². The van der Waals surface area contributed by atoms with Gasteiger partial charge in [0.15, 0.2) is 11.9 Å². The molecule has 0 amide bonds. The molecule has 2 aliphatic rings. The largest absolute Gasteiger partial charge is 0.327 e. The van der Waals surface area contributed by atoms with Crippen LogP contribution < -0.4 is 0 Å². The Hall–Kier alpha value is -1.43. The molecular weight excluding hydrogens is 339 g/mol. The lowest BCUT2D eigenvalue weighted by molar-refractivity contribution is -0.343. The first-order valence-corrected chi connectivity index (χ1v) is 7.81. The third-order valence-electron chi connectivity index (χ3n) is 4.17. The van der Waals surface area contributed by atoms with Gasteiger partial charge >= 0.3 is 5.97 Å². The molecule has 2 heterocycles. The third kappa shape index (κ3) is 2.07. The fourth-order valence-electron chi connectivity index (χ4n) is 3.12. The average molecular weight is 351 g/mol. The maximum atomic E-state index is 12.8. The number of methoxy groups -OCH3 is 1. The highest BCUT2D eigenvalue weighted by Crippen LogP contribution is 2.52. The maximum Gasteiger partial charge on any atom is 0.313 e. The molecule has 1 fully saturated rings. The second-order valence-corrected chi connectivity index (χ2v) is 6.20. The zero-order valence-electron chi connectivity index (χ0n) is 12.1. The van der Waals surface area contributed by atoms with Gasteiger partial charge in [-0.1, -0.05) is 53.5 Å². The van der Waals surface area contributed by atoms with Crippen molar-refractivity contribution in [2.75, 3.05) is 7.11 Å². The van der Waals surface area contributed by atoms with Gasteiger partial charge in [-0.05, 0) is 12.1 Å². The molecule has 2 aromatic carbocycles. The van der Waals surface area contributed by atoms with Crippen LogP contribution in [-0.4, -0.2) is 19.0 Å². The molecule has 3 atom stereocenters. The zero-order valence-corrected chi connectivity index (χ0v) is 13.6. The maximum absolute atomic E-state index is 12.8. The number of ether oxygens (including phenoxy) is 3. The van der Waals surface area contributed by atoms with Crippen molar-refractivity contribution in [1.82, 2.24) is 0 Å². The van der Waals surface area contributed by atoms with Crippen molar-refractivity contribution in [3.05, 3.63) is 69.2 Å². The number of halogens is 2. The predicted octanol–water partition coefficient (Wildman–Crippen LogP) is 4.10. The van der Waals surface area contributed by atoms with Gasteiger partial charge in [0.2, 0.25) is 0 Å². The Bertz CT molecular complexity index is 787. The summed E-state index contributed by atoms with van der Waals surface area (Å²) in [5, 5.41) is 0.837. The number of ketones is 1. The van der Waals surface area contributed by atoms with Crippen molar-refractivity contribution >= 4 is 29.0 Å². The first-order chi connectivity index (χ1) is 11.1. The van der Waals surface area contributed by atoms with Crippen LogP contribution in [0.5, 0.6) is 0 Å². The molecule has 2 aliphatic heterocycles. The molecule has 0 radical (unpaired) electrons. The van der Waals surface area contributed by atoms with Gasteiger partial charge in [0, 0.05) is 28.3 Å². The Morgan fingerprint density at radius 1 is 1.00 bits per heavy atom. The molecule has 0 saturated carbocycles. The standard InChI is InChI=1S/C17H12Cl2O4/c1-21-17-10-6-3-2-5-9(10)14(20)16(23-17)15(22-17)13-11(18)7-4-8-12(13)19/h2-8,15-16H,1H3. The van der Waals surface area contributed by atoms with Crippen molar-refractivity contribution in [2.24, 2.45) is 0 Å². The molecule has 0 aliphatic carbocycles. The van der Waals surface area contributed by atoms with Crippen LogP contribution >= 0.6 is 23.2 Å². The number of hydrogen-bond donors (Lipinski definition) is 0. The number of benzene rings is 2. The molecule has 23 heavy (non-hydrogen) atoms. The lowest BCUT2D eigenvalue weighted by Crippen LogP contribution is -2.39. The smallest absolute Gasteiger partial charge is 0.313 e. The Balaban J connectivity index is 1.89. The number of hydrogen-bond acceptors (Lipinski definition) is 4. The fourth-order valence-corrected chi connectivity index (χ4v) is 3.73. The molecule has 0 N–H and O–H groups in total. The summed E-state index contributed by atoms with van der Waals surface area (Å²) in [5.74, 6) is -1.60. The molecule has 3 unspecified atom stereocenters. The van der Waals surface area contributed by atoms with Crippen LogP contribution in [0.2, 0.25) is 10.0 Å². The second kappa shape index (κ2) is 5.30. The topological polar surface area (TPSA) is 44.8 Å². The summed E-state index contributed by atoms with van der Waals surface area (Å²) >= 11 is 12.6. The highest BCUT2D eigenvalue weighted by atomic mass is 35.5. The van der Waals surface area contributed by atoms with Crippen LogP contribution in [0, 0.1) is 0 Å². The quantitative estimate of drug-likeness (QED) is 0.817. The van der Waals surface area contributed by atoms with E-state index in [0.29, 0.717) is 26.7 Å². The highest BCUT2D eigenvalue weighted by Gasteiger charge is 2.59. The lowest BCUT2D eigenvalue weighted by Gasteiger charge is -2.30. The molecule has 118 valence electrons. The Labute approximate surface area is 142 Å². The van der Waals surface area contributed by atoms with E-state index in [1.807, 2.05) is 0 Å². The van der Waals surface area contributed by atoms with Gasteiger partial charge in [-0.25, -0.2) is 0 Å². The van der Waals surface area contributed by atoms with Crippen molar-refractivity contribution < 1.29 is 19.0 Å². The second-order valence-electron chi connectivity index (χ2n) is 5.38. The molecule has 2 aromatic rings. The van der Waals surface area contributed by atoms with Crippen LogP contribution in [0.3, 0.4) is 0 Å². The third-order valence-corrected chi connectivity index (χ3v) is 4.83. The average Bonchev–Trinajstić information content (AvgIpc) is 2.91. The Morgan fingerprint density at radius 3 is 2.35 bits per heavy atom. The van der Waals surface area contributed by atoms with E-state index < -0.39 is 18.2 Å². The normalized spacial score (nSPS) is 28.7. The summed E-state index contributed by atoms with van der Waals surface area (Å²) in [4.78, 5) is 12.8. The van der Waals surface area contributed by atoms with Crippen molar-refractivity contribution in [3.8, 4) is 0 Å². The van der Waals surface area contributed by atoms with Crippen molar-refractivity contribution in [1.29, 1.82) is 0 Å². The van der Waals surface area contributed by atoms with Gasteiger partial charge in [0.1, 0.15) is 6.10 Å². The minimum Gasteiger partial charge on any atom is -0.327 e. The van der Waals surface area contributed by atoms with E-state index in [1.165, 1.54) is 7.11 Å². The van der Waals surface area contributed by atoms with Gasteiger partial charge < -0.3 is 14.2 Å². The molecule has 4 nitrogen and oxygen atoms in total. The molecule has 6 heteroatoms. The van der Waals surface area contributed by atoms with Crippen molar-refractivity contribution in [2.45, 2.75) is 18.2 Å². The van der Waals surface area contributed by atoms with Crippen LogP contribution in [0.25, 0.3) is 0 Å². The summed E-state index contributed by atoms with van der Waals surface area (Å²) in [6.07, 6.45) is -1.60. The number of rotatable bonds is 2. The van der Waals surface area contributed by atoms with E-state index >= 15 is 0 Å². The van der Waals surface area contributed by atoms with E-state index in [0.717, 1.165) is 0 Å². The molecule has 2 bridgehead atoms. The summed E-state index contributed by atoms with van der Waals surface area (Å²) in [7, 11) is 1.47. The fraction of sp³-hybridized carbons (Fsp3) is 0.235. The Kier molecular flexibility index (Phi) is 3.48.